The summed E-state index contributed by atoms with van der Waals surface area (Å²) in [5.41, 5.74) is 0. The maximum Gasteiger partial charge on any atom is 0.134 e. The lowest BCUT2D eigenvalue weighted by Gasteiger charge is -2.35. The van der Waals surface area contributed by atoms with Gasteiger partial charge in [-0.1, -0.05) is 6.92 Å². The number of aryl methyl sites for hydroxylation is 1. The van der Waals surface area contributed by atoms with Crippen LogP contribution in [0, 0.1) is 5.92 Å². The van der Waals surface area contributed by atoms with Crippen molar-refractivity contribution in [3.05, 3.63) is 11.9 Å². The lowest BCUT2D eigenvalue weighted by Crippen LogP contribution is -2.47. The van der Waals surface area contributed by atoms with Crippen LogP contribution in [0.15, 0.2) is 6.07 Å². The minimum atomic E-state index is 0.934. The van der Waals surface area contributed by atoms with E-state index in [1.165, 1.54) is 32.5 Å². The number of rotatable bonds is 6. The number of hydrogen-bond acceptors (Lipinski definition) is 5. The minimum Gasteiger partial charge on any atom is -0.373 e. The summed E-state index contributed by atoms with van der Waals surface area (Å²) in [5.74, 6) is 3.97. The third kappa shape index (κ3) is 3.84. The molecule has 5 nitrogen and oxygen atoms in total. The molecule has 0 aromatic carbocycles. The molecule has 0 unspecified atom stereocenters. The highest BCUT2D eigenvalue weighted by atomic mass is 15.3. The molecule has 1 N–H and O–H groups in total. The van der Waals surface area contributed by atoms with Crippen LogP contribution in [-0.4, -0.2) is 54.6 Å². The molecular formula is C16H27N5. The summed E-state index contributed by atoms with van der Waals surface area (Å²) >= 11 is 0. The first-order chi connectivity index (χ1) is 10.3. The van der Waals surface area contributed by atoms with Gasteiger partial charge in [0, 0.05) is 52.3 Å². The summed E-state index contributed by atoms with van der Waals surface area (Å²) in [5, 5.41) is 3.16. The Hall–Kier alpha value is -1.36. The third-order valence-electron chi connectivity index (χ3n) is 4.40. The van der Waals surface area contributed by atoms with E-state index in [-0.39, 0.29) is 0 Å². The SMILES string of the molecule is CCCc1nc(NC)cc(N2CCN(CC3CC3)CC2)n1. The Morgan fingerprint density at radius 3 is 2.57 bits per heavy atom. The van der Waals surface area contributed by atoms with Crippen molar-refractivity contribution in [1.82, 2.24) is 14.9 Å². The molecule has 21 heavy (non-hydrogen) atoms. The van der Waals surface area contributed by atoms with Gasteiger partial charge in [0.15, 0.2) is 0 Å². The van der Waals surface area contributed by atoms with E-state index in [0.717, 1.165) is 49.3 Å². The quantitative estimate of drug-likeness (QED) is 0.868. The van der Waals surface area contributed by atoms with Gasteiger partial charge in [-0.2, -0.15) is 0 Å². The second-order valence-corrected chi connectivity index (χ2v) is 6.26. The first-order valence-electron chi connectivity index (χ1n) is 8.31. The average molecular weight is 289 g/mol. The monoisotopic (exact) mass is 289 g/mol. The molecule has 2 heterocycles. The summed E-state index contributed by atoms with van der Waals surface area (Å²) < 4.78 is 0. The standard InChI is InChI=1S/C16H27N5/c1-3-4-14-18-15(17-2)11-16(19-14)21-9-7-20(8-10-21)12-13-5-6-13/h11,13H,3-10,12H2,1-2H3,(H,17,18,19). The fourth-order valence-electron chi connectivity index (χ4n) is 2.93. The van der Waals surface area contributed by atoms with E-state index < -0.39 is 0 Å². The molecular weight excluding hydrogens is 262 g/mol. The summed E-state index contributed by atoms with van der Waals surface area (Å²) in [7, 11) is 1.93. The van der Waals surface area contributed by atoms with Crippen LogP contribution in [-0.2, 0) is 6.42 Å². The van der Waals surface area contributed by atoms with Gasteiger partial charge in [0.2, 0.25) is 0 Å². The van der Waals surface area contributed by atoms with Crippen molar-refractivity contribution >= 4 is 11.6 Å². The van der Waals surface area contributed by atoms with E-state index in [9.17, 15) is 0 Å². The smallest absolute Gasteiger partial charge is 0.134 e. The molecule has 1 aromatic rings. The van der Waals surface area contributed by atoms with Crippen LogP contribution in [0.5, 0.6) is 0 Å². The fourth-order valence-corrected chi connectivity index (χ4v) is 2.93. The van der Waals surface area contributed by atoms with E-state index in [1.807, 2.05) is 7.05 Å². The zero-order chi connectivity index (χ0) is 14.7. The van der Waals surface area contributed by atoms with Crippen LogP contribution in [0.4, 0.5) is 11.6 Å². The molecule has 0 spiro atoms. The van der Waals surface area contributed by atoms with Gasteiger partial charge < -0.3 is 10.2 Å². The summed E-state index contributed by atoms with van der Waals surface area (Å²) in [4.78, 5) is 14.3. The molecule has 1 aliphatic carbocycles. The molecule has 0 radical (unpaired) electrons. The molecule has 2 fully saturated rings. The number of anilines is 2. The number of piperazine rings is 1. The van der Waals surface area contributed by atoms with Gasteiger partial charge in [-0.25, -0.2) is 9.97 Å². The molecule has 1 aromatic heterocycles. The molecule has 1 saturated heterocycles. The summed E-state index contributed by atoms with van der Waals surface area (Å²) in [6.07, 6.45) is 4.92. The lowest BCUT2D eigenvalue weighted by molar-refractivity contribution is 0.247. The molecule has 0 amide bonds. The van der Waals surface area contributed by atoms with Crippen molar-refractivity contribution in [2.75, 3.05) is 50.0 Å². The number of nitrogens with one attached hydrogen (secondary N) is 1. The maximum atomic E-state index is 4.75. The first-order valence-corrected chi connectivity index (χ1v) is 8.31. The van der Waals surface area contributed by atoms with Gasteiger partial charge in [-0.05, 0) is 25.2 Å². The fraction of sp³-hybridized carbons (Fsp3) is 0.750. The van der Waals surface area contributed by atoms with Gasteiger partial charge in [0.05, 0.1) is 0 Å². The summed E-state index contributed by atoms with van der Waals surface area (Å²) in [6, 6.07) is 2.08. The Morgan fingerprint density at radius 2 is 1.95 bits per heavy atom. The highest BCUT2D eigenvalue weighted by Crippen LogP contribution is 2.30. The van der Waals surface area contributed by atoms with E-state index in [1.54, 1.807) is 0 Å². The molecule has 0 atom stereocenters. The minimum absolute atomic E-state index is 0.934. The lowest BCUT2D eigenvalue weighted by atomic mass is 10.2. The average Bonchev–Trinajstić information content (AvgIpc) is 3.32. The van der Waals surface area contributed by atoms with Gasteiger partial charge in [0.25, 0.3) is 0 Å². The molecule has 0 bridgehead atoms. The van der Waals surface area contributed by atoms with Crippen molar-refractivity contribution in [2.45, 2.75) is 32.6 Å². The van der Waals surface area contributed by atoms with Crippen LogP contribution in [0.3, 0.4) is 0 Å². The second kappa shape index (κ2) is 6.60. The van der Waals surface area contributed by atoms with Crippen LogP contribution in [0.2, 0.25) is 0 Å². The topological polar surface area (TPSA) is 44.3 Å². The Balaban J connectivity index is 1.64. The summed E-state index contributed by atoms with van der Waals surface area (Å²) in [6.45, 7) is 7.97. The number of hydrogen-bond donors (Lipinski definition) is 1. The van der Waals surface area contributed by atoms with Crippen molar-refractivity contribution in [3.63, 3.8) is 0 Å². The van der Waals surface area contributed by atoms with E-state index in [0.29, 0.717) is 0 Å². The first kappa shape index (κ1) is 14.6. The zero-order valence-corrected chi connectivity index (χ0v) is 13.3. The Labute approximate surface area is 127 Å². The number of aromatic nitrogens is 2. The third-order valence-corrected chi connectivity index (χ3v) is 4.40. The largest absolute Gasteiger partial charge is 0.373 e. The molecule has 2 aliphatic rings. The van der Waals surface area contributed by atoms with Crippen molar-refractivity contribution in [1.29, 1.82) is 0 Å². The molecule has 3 rings (SSSR count). The van der Waals surface area contributed by atoms with Gasteiger partial charge in [-0.3, -0.25) is 4.90 Å². The Kier molecular flexibility index (Phi) is 4.58. The number of nitrogens with zero attached hydrogens (tertiary/aromatic N) is 4. The Morgan fingerprint density at radius 1 is 1.19 bits per heavy atom. The van der Waals surface area contributed by atoms with Gasteiger partial charge in [-0.15, -0.1) is 0 Å². The van der Waals surface area contributed by atoms with E-state index in [2.05, 4.69) is 33.1 Å². The molecule has 116 valence electrons. The predicted octanol–water partition coefficient (Wildman–Crippen LogP) is 2.00. The predicted molar refractivity (Wildman–Crippen MR) is 87.0 cm³/mol. The van der Waals surface area contributed by atoms with Crippen molar-refractivity contribution in [3.8, 4) is 0 Å². The van der Waals surface area contributed by atoms with Crippen molar-refractivity contribution in [2.24, 2.45) is 5.92 Å². The van der Waals surface area contributed by atoms with Gasteiger partial charge in [0.1, 0.15) is 17.5 Å². The maximum absolute atomic E-state index is 4.75. The Bertz CT molecular complexity index is 464. The highest BCUT2D eigenvalue weighted by Gasteiger charge is 2.26. The second-order valence-electron chi connectivity index (χ2n) is 6.26. The van der Waals surface area contributed by atoms with E-state index >= 15 is 0 Å². The zero-order valence-electron chi connectivity index (χ0n) is 13.3. The van der Waals surface area contributed by atoms with Gasteiger partial charge >= 0.3 is 0 Å². The van der Waals surface area contributed by atoms with Crippen molar-refractivity contribution < 1.29 is 0 Å². The molecule has 1 saturated carbocycles. The molecule has 5 heteroatoms. The van der Waals surface area contributed by atoms with E-state index in [4.69, 9.17) is 4.98 Å². The highest BCUT2D eigenvalue weighted by molar-refractivity contribution is 5.49. The van der Waals surface area contributed by atoms with Crippen LogP contribution in [0.25, 0.3) is 0 Å². The normalized spacial score (nSPS) is 19.8. The van der Waals surface area contributed by atoms with Crippen LogP contribution >= 0.6 is 0 Å². The van der Waals surface area contributed by atoms with Crippen LogP contribution in [0.1, 0.15) is 32.0 Å². The molecule has 1 aliphatic heterocycles. The van der Waals surface area contributed by atoms with Crippen LogP contribution < -0.4 is 10.2 Å².